The lowest BCUT2D eigenvalue weighted by molar-refractivity contribution is 0.0241. The van der Waals surface area contributed by atoms with Gasteiger partial charge in [0.15, 0.2) is 0 Å². The number of amides is 1. The third-order valence-electron chi connectivity index (χ3n) is 4.72. The summed E-state index contributed by atoms with van der Waals surface area (Å²) in [5.74, 6) is 0. The molecule has 2 aliphatic heterocycles. The van der Waals surface area contributed by atoms with Gasteiger partial charge in [-0.3, -0.25) is 9.80 Å². The number of carbonyl (C=O) groups is 1. The van der Waals surface area contributed by atoms with E-state index in [0.717, 1.165) is 32.7 Å². The molecule has 2 heterocycles. The minimum atomic E-state index is -0.450. The quantitative estimate of drug-likeness (QED) is 0.835. The lowest BCUT2D eigenvalue weighted by Gasteiger charge is -2.32. The number of nitrogens with zero attached hydrogens (tertiary/aromatic N) is 3. The summed E-state index contributed by atoms with van der Waals surface area (Å²) in [7, 11) is 2.18. The zero-order valence-corrected chi connectivity index (χ0v) is 15.3. The van der Waals surface area contributed by atoms with E-state index in [4.69, 9.17) is 4.74 Å². The third kappa shape index (κ3) is 4.08. The highest BCUT2D eigenvalue weighted by Crippen LogP contribution is 2.28. The molecule has 5 heteroatoms. The maximum absolute atomic E-state index is 12.4. The minimum absolute atomic E-state index is 0.218. The molecule has 0 aliphatic carbocycles. The van der Waals surface area contributed by atoms with Gasteiger partial charge < -0.3 is 9.64 Å². The molecule has 0 radical (unpaired) electrons. The highest BCUT2D eigenvalue weighted by Gasteiger charge is 2.29. The predicted molar refractivity (Wildman–Crippen MR) is 94.7 cm³/mol. The van der Waals surface area contributed by atoms with Gasteiger partial charge in [-0.2, -0.15) is 0 Å². The van der Waals surface area contributed by atoms with Crippen molar-refractivity contribution >= 4 is 6.09 Å². The molecule has 3 rings (SSSR count). The van der Waals surface area contributed by atoms with Crippen molar-refractivity contribution in [3.8, 4) is 0 Å². The predicted octanol–water partition coefficient (Wildman–Crippen LogP) is 2.68. The van der Waals surface area contributed by atoms with Crippen LogP contribution in [0.3, 0.4) is 0 Å². The molecular formula is C19H29N3O2. The van der Waals surface area contributed by atoms with Crippen LogP contribution in [0, 0.1) is 0 Å². The molecule has 1 fully saturated rings. The van der Waals surface area contributed by atoms with Gasteiger partial charge in [0.25, 0.3) is 0 Å². The molecule has 1 amide bonds. The number of ether oxygens (including phenoxy) is 1. The summed E-state index contributed by atoms with van der Waals surface area (Å²) in [5, 5.41) is 0. The number of piperazine rings is 1. The molecule has 1 aromatic rings. The molecule has 0 unspecified atom stereocenters. The Morgan fingerprint density at radius 3 is 2.50 bits per heavy atom. The largest absolute Gasteiger partial charge is 0.444 e. The van der Waals surface area contributed by atoms with E-state index >= 15 is 0 Å². The Labute approximate surface area is 145 Å². The number of hydrogen-bond acceptors (Lipinski definition) is 4. The van der Waals surface area contributed by atoms with Crippen LogP contribution in [-0.2, 0) is 24.4 Å². The van der Waals surface area contributed by atoms with Gasteiger partial charge in [-0.15, -0.1) is 0 Å². The Kier molecular flexibility index (Phi) is 4.83. The van der Waals surface area contributed by atoms with Gasteiger partial charge in [0.2, 0.25) is 0 Å². The highest BCUT2D eigenvalue weighted by molar-refractivity contribution is 5.69. The van der Waals surface area contributed by atoms with Gasteiger partial charge in [-0.25, -0.2) is 4.79 Å². The monoisotopic (exact) mass is 331 g/mol. The maximum Gasteiger partial charge on any atom is 0.410 e. The van der Waals surface area contributed by atoms with Gasteiger partial charge in [-0.05, 0) is 44.5 Å². The van der Waals surface area contributed by atoms with Crippen LogP contribution in [-0.4, -0.2) is 59.6 Å². The number of benzene rings is 1. The van der Waals surface area contributed by atoms with E-state index in [1.807, 2.05) is 25.7 Å². The van der Waals surface area contributed by atoms with Crippen LogP contribution in [0.4, 0.5) is 4.79 Å². The second kappa shape index (κ2) is 6.73. The standard InChI is InChI=1S/C19H29N3O2/c1-19(2,3)24-18(23)22-13-16-7-5-6-15(17(16)14-22)12-21-10-8-20(4)9-11-21/h5-7H,8-14H2,1-4H3. The van der Waals surface area contributed by atoms with E-state index in [9.17, 15) is 4.79 Å². The third-order valence-corrected chi connectivity index (χ3v) is 4.72. The Hall–Kier alpha value is -1.59. The Morgan fingerprint density at radius 1 is 1.12 bits per heavy atom. The fourth-order valence-corrected chi connectivity index (χ4v) is 3.34. The van der Waals surface area contributed by atoms with E-state index < -0.39 is 5.60 Å². The summed E-state index contributed by atoms with van der Waals surface area (Å²) in [6.45, 7) is 12.5. The second-order valence-electron chi connectivity index (χ2n) is 7.97. The van der Waals surface area contributed by atoms with E-state index in [2.05, 4.69) is 35.0 Å². The molecule has 0 saturated carbocycles. The Balaban J connectivity index is 1.67. The fourth-order valence-electron chi connectivity index (χ4n) is 3.34. The molecule has 5 nitrogen and oxygen atoms in total. The first-order valence-corrected chi connectivity index (χ1v) is 8.80. The zero-order chi connectivity index (χ0) is 17.3. The van der Waals surface area contributed by atoms with Crippen molar-refractivity contribution in [2.24, 2.45) is 0 Å². The molecule has 0 atom stereocenters. The van der Waals surface area contributed by atoms with Gasteiger partial charge >= 0.3 is 6.09 Å². The molecule has 0 bridgehead atoms. The van der Waals surface area contributed by atoms with Gasteiger partial charge in [0, 0.05) is 39.3 Å². The zero-order valence-electron chi connectivity index (χ0n) is 15.3. The summed E-state index contributed by atoms with van der Waals surface area (Å²) in [4.78, 5) is 19.0. The Bertz CT molecular complexity index is 601. The van der Waals surface area contributed by atoms with E-state index in [0.29, 0.717) is 13.1 Å². The van der Waals surface area contributed by atoms with Crippen LogP contribution in [0.5, 0.6) is 0 Å². The minimum Gasteiger partial charge on any atom is -0.444 e. The van der Waals surface area contributed by atoms with Crippen molar-refractivity contribution in [1.82, 2.24) is 14.7 Å². The van der Waals surface area contributed by atoms with Crippen LogP contribution in [0.25, 0.3) is 0 Å². The molecule has 1 saturated heterocycles. The lowest BCUT2D eigenvalue weighted by atomic mass is 10.0. The highest BCUT2D eigenvalue weighted by atomic mass is 16.6. The smallest absolute Gasteiger partial charge is 0.410 e. The van der Waals surface area contributed by atoms with E-state index in [1.165, 1.54) is 16.7 Å². The summed E-state index contributed by atoms with van der Waals surface area (Å²) < 4.78 is 5.53. The van der Waals surface area contributed by atoms with Crippen LogP contribution in [0.2, 0.25) is 0 Å². The molecule has 0 N–H and O–H groups in total. The molecule has 24 heavy (non-hydrogen) atoms. The summed E-state index contributed by atoms with van der Waals surface area (Å²) >= 11 is 0. The normalized spacial score (nSPS) is 19.4. The summed E-state index contributed by atoms with van der Waals surface area (Å²) in [6, 6.07) is 6.45. The number of likely N-dealkylation sites (N-methyl/N-ethyl adjacent to an activating group) is 1. The second-order valence-corrected chi connectivity index (χ2v) is 7.97. The first-order valence-electron chi connectivity index (χ1n) is 8.80. The fraction of sp³-hybridized carbons (Fsp3) is 0.632. The van der Waals surface area contributed by atoms with Gasteiger partial charge in [0.1, 0.15) is 5.60 Å². The number of hydrogen-bond donors (Lipinski definition) is 0. The van der Waals surface area contributed by atoms with Crippen LogP contribution in [0.15, 0.2) is 18.2 Å². The first-order chi connectivity index (χ1) is 11.3. The van der Waals surface area contributed by atoms with Crippen molar-refractivity contribution < 1.29 is 9.53 Å². The molecule has 132 valence electrons. The van der Waals surface area contributed by atoms with E-state index in [-0.39, 0.29) is 6.09 Å². The van der Waals surface area contributed by atoms with Crippen LogP contribution < -0.4 is 0 Å². The van der Waals surface area contributed by atoms with Crippen LogP contribution in [0.1, 0.15) is 37.5 Å². The average molecular weight is 331 g/mol. The van der Waals surface area contributed by atoms with Crippen molar-refractivity contribution in [3.63, 3.8) is 0 Å². The molecule has 0 spiro atoms. The summed E-state index contributed by atoms with van der Waals surface area (Å²) in [5.41, 5.74) is 3.46. The molecule has 2 aliphatic rings. The van der Waals surface area contributed by atoms with Gasteiger partial charge in [0.05, 0.1) is 6.54 Å². The SMILES string of the molecule is CN1CCN(Cc2cccc3c2CN(C(=O)OC(C)(C)C)C3)CC1. The topological polar surface area (TPSA) is 36.0 Å². The molecule has 1 aromatic carbocycles. The first kappa shape index (κ1) is 17.2. The van der Waals surface area contributed by atoms with Crippen molar-refractivity contribution in [2.45, 2.75) is 46.0 Å². The average Bonchev–Trinajstić information content (AvgIpc) is 2.93. The number of carbonyl (C=O) groups excluding carboxylic acids is 1. The van der Waals surface area contributed by atoms with Crippen molar-refractivity contribution in [3.05, 3.63) is 34.9 Å². The van der Waals surface area contributed by atoms with Crippen molar-refractivity contribution in [2.75, 3.05) is 33.2 Å². The summed E-state index contributed by atoms with van der Waals surface area (Å²) in [6.07, 6.45) is -0.218. The molecular weight excluding hydrogens is 302 g/mol. The van der Waals surface area contributed by atoms with Gasteiger partial charge in [-0.1, -0.05) is 18.2 Å². The number of fused-ring (bicyclic) bond motifs is 1. The molecule has 0 aromatic heterocycles. The Morgan fingerprint density at radius 2 is 1.83 bits per heavy atom. The lowest BCUT2D eigenvalue weighted by Crippen LogP contribution is -2.44. The van der Waals surface area contributed by atoms with Crippen molar-refractivity contribution in [1.29, 1.82) is 0 Å². The number of rotatable bonds is 2. The maximum atomic E-state index is 12.4. The van der Waals surface area contributed by atoms with E-state index in [1.54, 1.807) is 0 Å². The van der Waals surface area contributed by atoms with Crippen LogP contribution >= 0.6 is 0 Å².